The zero-order chi connectivity index (χ0) is 13.6. The fourth-order valence-corrected chi connectivity index (χ4v) is 2.84. The number of nitrogens with zero attached hydrogens (tertiary/aromatic N) is 1. The minimum atomic E-state index is -3.46. The van der Waals surface area contributed by atoms with Crippen LogP contribution in [0.1, 0.15) is 32.6 Å². The van der Waals surface area contributed by atoms with Gasteiger partial charge in [-0.15, -0.1) is 12.6 Å². The van der Waals surface area contributed by atoms with Crippen molar-refractivity contribution < 1.29 is 13.1 Å². The predicted octanol–water partition coefficient (Wildman–Crippen LogP) is 1.93. The summed E-state index contributed by atoms with van der Waals surface area (Å²) in [6, 6.07) is 4.48. The van der Waals surface area contributed by atoms with E-state index in [2.05, 4.69) is 24.3 Å². The Hall–Kier alpha value is -0.950. The molecular weight excluding hydrogens is 272 g/mol. The second kappa shape index (κ2) is 6.84. The summed E-state index contributed by atoms with van der Waals surface area (Å²) >= 11 is 3.93. The van der Waals surface area contributed by atoms with Crippen molar-refractivity contribution >= 4 is 28.5 Å². The number of unbranched alkanes of at least 4 members (excludes halogenated alkanes) is 3. The Morgan fingerprint density at radius 1 is 1.33 bits per heavy atom. The van der Waals surface area contributed by atoms with Crippen LogP contribution in [0.15, 0.2) is 23.2 Å². The smallest absolute Gasteiger partial charge is 0.298 e. The molecule has 0 atom stereocenters. The Kier molecular flexibility index (Phi) is 5.74. The van der Waals surface area contributed by atoms with Gasteiger partial charge in [0.05, 0.1) is 5.75 Å². The summed E-state index contributed by atoms with van der Waals surface area (Å²) in [6.45, 7) is 2.06. The Labute approximate surface area is 113 Å². The maximum atomic E-state index is 11.7. The third-order valence-corrected chi connectivity index (χ3v) is 4.13. The van der Waals surface area contributed by atoms with Crippen LogP contribution in [0.4, 0.5) is 5.82 Å². The second-order valence-electron chi connectivity index (χ2n) is 4.05. The fourth-order valence-electron chi connectivity index (χ4n) is 1.49. The van der Waals surface area contributed by atoms with E-state index in [0.29, 0.717) is 11.2 Å². The highest BCUT2D eigenvalue weighted by atomic mass is 32.2. The lowest BCUT2D eigenvalue weighted by Crippen LogP contribution is -2.34. The number of thiol groups is 1. The summed E-state index contributed by atoms with van der Waals surface area (Å²) in [4.78, 5) is 0. The Morgan fingerprint density at radius 2 is 2.06 bits per heavy atom. The van der Waals surface area contributed by atoms with Crippen LogP contribution in [0.2, 0.25) is 0 Å². The molecule has 0 aromatic carbocycles. The molecule has 0 saturated heterocycles. The zero-order valence-electron chi connectivity index (χ0n) is 10.3. The maximum Gasteiger partial charge on any atom is 0.298 e. The van der Waals surface area contributed by atoms with E-state index < -0.39 is 10.0 Å². The van der Waals surface area contributed by atoms with Gasteiger partial charge in [0, 0.05) is 6.07 Å². The lowest BCUT2D eigenvalue weighted by atomic mass is 10.2. The molecule has 0 saturated carbocycles. The average Bonchev–Trinajstić information content (AvgIpc) is 2.31. The van der Waals surface area contributed by atoms with Crippen molar-refractivity contribution in [1.29, 1.82) is 0 Å². The third kappa shape index (κ3) is 4.73. The molecule has 1 aromatic heterocycles. The number of pyridine rings is 1. The van der Waals surface area contributed by atoms with E-state index in [1.54, 1.807) is 6.07 Å². The van der Waals surface area contributed by atoms with Gasteiger partial charge in [0.1, 0.15) is 0 Å². The van der Waals surface area contributed by atoms with Crippen molar-refractivity contribution in [1.82, 2.24) is 0 Å². The molecule has 0 amide bonds. The van der Waals surface area contributed by atoms with E-state index in [1.807, 2.05) is 0 Å². The SMILES string of the molecule is CCCCCCS(=O)(=O)Nc1cccc(S)[n+]1[O-]. The molecule has 0 unspecified atom stereocenters. The van der Waals surface area contributed by atoms with Crippen LogP contribution in [0.25, 0.3) is 0 Å². The quantitative estimate of drug-likeness (QED) is 0.349. The van der Waals surface area contributed by atoms with E-state index in [9.17, 15) is 13.6 Å². The standard InChI is InChI=1S/C11H18N2O3S2/c1-2-3-4-5-9-18(15,16)12-10-7-6-8-11(17)13(10)14/h6-8,12,17H,2-5,9H2,1H3. The highest BCUT2D eigenvalue weighted by molar-refractivity contribution is 7.92. The molecule has 18 heavy (non-hydrogen) atoms. The lowest BCUT2D eigenvalue weighted by molar-refractivity contribution is -0.630. The molecule has 7 heteroatoms. The van der Waals surface area contributed by atoms with Gasteiger partial charge < -0.3 is 5.21 Å². The van der Waals surface area contributed by atoms with Gasteiger partial charge in [-0.05, 0) is 18.6 Å². The molecule has 0 spiro atoms. The average molecular weight is 290 g/mol. The molecule has 1 N–H and O–H groups in total. The van der Waals surface area contributed by atoms with Gasteiger partial charge in [-0.2, -0.15) is 13.1 Å². The first kappa shape index (κ1) is 15.1. The van der Waals surface area contributed by atoms with Gasteiger partial charge in [0.25, 0.3) is 15.8 Å². The van der Waals surface area contributed by atoms with Gasteiger partial charge in [-0.25, -0.2) is 4.73 Å². The van der Waals surface area contributed by atoms with Crippen molar-refractivity contribution in [3.63, 3.8) is 0 Å². The largest absolute Gasteiger partial charge is 0.710 e. The predicted molar refractivity (Wildman–Crippen MR) is 74.2 cm³/mol. The molecular formula is C11H18N2O3S2. The van der Waals surface area contributed by atoms with Crippen LogP contribution >= 0.6 is 12.6 Å². The number of sulfonamides is 1. The van der Waals surface area contributed by atoms with E-state index >= 15 is 0 Å². The summed E-state index contributed by atoms with van der Waals surface area (Å²) in [5, 5.41) is 11.7. The van der Waals surface area contributed by atoms with Gasteiger partial charge in [0.2, 0.25) is 0 Å². The van der Waals surface area contributed by atoms with Crippen LogP contribution in [0.5, 0.6) is 0 Å². The van der Waals surface area contributed by atoms with Crippen molar-refractivity contribution in [2.45, 2.75) is 37.6 Å². The molecule has 0 aliphatic carbocycles. The third-order valence-electron chi connectivity index (χ3n) is 2.45. The molecule has 0 radical (unpaired) electrons. The first-order chi connectivity index (χ1) is 8.46. The maximum absolute atomic E-state index is 11.7. The Morgan fingerprint density at radius 3 is 2.72 bits per heavy atom. The van der Waals surface area contributed by atoms with Crippen LogP contribution in [0, 0.1) is 5.21 Å². The number of anilines is 1. The highest BCUT2D eigenvalue weighted by Gasteiger charge is 2.17. The number of hydrogen-bond donors (Lipinski definition) is 2. The summed E-state index contributed by atoms with van der Waals surface area (Å²) in [5.74, 6) is 0.0158. The van der Waals surface area contributed by atoms with Crippen molar-refractivity contribution in [2.24, 2.45) is 0 Å². The summed E-state index contributed by atoms with van der Waals surface area (Å²) in [5.41, 5.74) is 0. The van der Waals surface area contributed by atoms with Gasteiger partial charge in [-0.3, -0.25) is 0 Å². The number of hydrogen-bond acceptors (Lipinski definition) is 4. The van der Waals surface area contributed by atoms with Gasteiger partial charge in [-0.1, -0.05) is 26.2 Å². The van der Waals surface area contributed by atoms with Crippen LogP contribution in [-0.2, 0) is 10.0 Å². The summed E-state index contributed by atoms with van der Waals surface area (Å²) in [7, 11) is -3.46. The van der Waals surface area contributed by atoms with Crippen LogP contribution in [-0.4, -0.2) is 14.2 Å². The minimum Gasteiger partial charge on any atom is -0.710 e. The van der Waals surface area contributed by atoms with E-state index in [0.717, 1.165) is 19.3 Å². The van der Waals surface area contributed by atoms with Gasteiger partial charge >= 0.3 is 0 Å². The number of aromatic nitrogens is 1. The Bertz CT molecular complexity index is 489. The van der Waals surface area contributed by atoms with Gasteiger partial charge in [0.15, 0.2) is 5.03 Å². The fraction of sp³-hybridized carbons (Fsp3) is 0.545. The van der Waals surface area contributed by atoms with Crippen molar-refractivity contribution in [3.05, 3.63) is 23.4 Å². The molecule has 0 fully saturated rings. The molecule has 1 aromatic rings. The first-order valence-electron chi connectivity index (χ1n) is 5.88. The van der Waals surface area contributed by atoms with E-state index in [4.69, 9.17) is 0 Å². The zero-order valence-corrected chi connectivity index (χ0v) is 12.0. The van der Waals surface area contributed by atoms with E-state index in [-0.39, 0.29) is 16.6 Å². The van der Waals surface area contributed by atoms with Crippen LogP contribution in [0.3, 0.4) is 0 Å². The minimum absolute atomic E-state index is 0.0157. The normalized spacial score (nSPS) is 11.4. The topological polar surface area (TPSA) is 73.1 Å². The number of rotatable bonds is 7. The number of nitrogens with one attached hydrogen (secondary N) is 1. The molecule has 0 bridgehead atoms. The Balaban J connectivity index is 2.62. The molecule has 1 rings (SSSR count). The van der Waals surface area contributed by atoms with Crippen molar-refractivity contribution in [2.75, 3.05) is 10.5 Å². The second-order valence-corrected chi connectivity index (χ2v) is 6.35. The van der Waals surface area contributed by atoms with E-state index in [1.165, 1.54) is 12.1 Å². The molecule has 1 heterocycles. The molecule has 5 nitrogen and oxygen atoms in total. The molecule has 102 valence electrons. The lowest BCUT2D eigenvalue weighted by Gasteiger charge is -2.10. The monoisotopic (exact) mass is 290 g/mol. The summed E-state index contributed by atoms with van der Waals surface area (Å²) in [6.07, 6.45) is 3.54. The summed E-state index contributed by atoms with van der Waals surface area (Å²) < 4.78 is 26.2. The first-order valence-corrected chi connectivity index (χ1v) is 7.98. The molecule has 0 aliphatic heterocycles. The highest BCUT2D eigenvalue weighted by Crippen LogP contribution is 2.09. The molecule has 0 aliphatic rings. The van der Waals surface area contributed by atoms with Crippen LogP contribution < -0.4 is 9.45 Å². The van der Waals surface area contributed by atoms with Crippen molar-refractivity contribution in [3.8, 4) is 0 Å².